The van der Waals surface area contributed by atoms with Gasteiger partial charge in [-0.3, -0.25) is 14.5 Å². The van der Waals surface area contributed by atoms with Crippen molar-refractivity contribution in [2.45, 2.75) is 19.0 Å². The van der Waals surface area contributed by atoms with Gasteiger partial charge in [0, 0.05) is 25.7 Å². The summed E-state index contributed by atoms with van der Waals surface area (Å²) in [6.07, 6.45) is 0.526. The first kappa shape index (κ1) is 15.5. The van der Waals surface area contributed by atoms with E-state index in [-0.39, 0.29) is 12.6 Å². The molecule has 2 rings (SSSR count). The first-order valence-electron chi connectivity index (χ1n) is 6.99. The Labute approximate surface area is 123 Å². The van der Waals surface area contributed by atoms with Crippen molar-refractivity contribution >= 4 is 11.9 Å². The highest BCUT2D eigenvalue weighted by molar-refractivity contribution is 5.71. The number of nitrogens with one attached hydrogen (secondary N) is 1. The number of piperidine rings is 1. The minimum Gasteiger partial charge on any atom is -0.481 e. The number of likely N-dealkylation sites (tertiary alicyclic amines) is 1. The second-order valence-corrected chi connectivity index (χ2v) is 5.42. The number of rotatable bonds is 6. The van der Waals surface area contributed by atoms with E-state index in [4.69, 9.17) is 5.11 Å². The van der Waals surface area contributed by atoms with E-state index >= 15 is 0 Å². The van der Waals surface area contributed by atoms with Crippen LogP contribution in [0.5, 0.6) is 0 Å². The van der Waals surface area contributed by atoms with Gasteiger partial charge in [0.15, 0.2) is 0 Å². The van der Waals surface area contributed by atoms with Crippen LogP contribution >= 0.6 is 0 Å². The fraction of sp³-hybridized carbons (Fsp3) is 0.467. The van der Waals surface area contributed by atoms with E-state index in [1.807, 2.05) is 30.3 Å². The molecule has 1 aromatic carbocycles. The normalized spacial score (nSPS) is 22.9. The zero-order valence-corrected chi connectivity index (χ0v) is 11.7. The van der Waals surface area contributed by atoms with E-state index in [1.54, 1.807) is 4.90 Å². The molecule has 114 valence electrons. The van der Waals surface area contributed by atoms with E-state index in [1.165, 1.54) is 0 Å². The van der Waals surface area contributed by atoms with Gasteiger partial charge in [0.2, 0.25) is 0 Å². The van der Waals surface area contributed by atoms with E-state index in [0.29, 0.717) is 26.1 Å². The van der Waals surface area contributed by atoms with E-state index in [0.717, 1.165) is 5.56 Å². The quantitative estimate of drug-likeness (QED) is 0.713. The van der Waals surface area contributed by atoms with Crippen LogP contribution in [0.15, 0.2) is 30.3 Å². The first-order valence-corrected chi connectivity index (χ1v) is 6.99. The van der Waals surface area contributed by atoms with Gasteiger partial charge in [0.25, 0.3) is 0 Å². The Morgan fingerprint density at radius 1 is 1.19 bits per heavy atom. The van der Waals surface area contributed by atoms with E-state index < -0.39 is 17.9 Å². The molecule has 21 heavy (non-hydrogen) atoms. The highest BCUT2D eigenvalue weighted by Crippen LogP contribution is 2.17. The molecule has 0 aromatic heterocycles. The maximum Gasteiger partial charge on any atom is 0.317 e. The second-order valence-electron chi connectivity index (χ2n) is 5.42. The lowest BCUT2D eigenvalue weighted by Crippen LogP contribution is -2.52. The van der Waals surface area contributed by atoms with Crippen LogP contribution in [0.4, 0.5) is 0 Å². The van der Waals surface area contributed by atoms with Crippen LogP contribution < -0.4 is 5.32 Å². The molecular formula is C15H20N2O4. The van der Waals surface area contributed by atoms with Gasteiger partial charge in [-0.15, -0.1) is 0 Å². The molecule has 1 aliphatic rings. The summed E-state index contributed by atoms with van der Waals surface area (Å²) >= 11 is 0. The maximum atomic E-state index is 11.2. The lowest BCUT2D eigenvalue weighted by atomic mass is 9.94. The summed E-state index contributed by atoms with van der Waals surface area (Å²) in [5, 5.41) is 21.4. The van der Waals surface area contributed by atoms with E-state index in [9.17, 15) is 14.7 Å². The molecule has 6 heteroatoms. The van der Waals surface area contributed by atoms with Crippen molar-refractivity contribution < 1.29 is 19.8 Å². The minimum atomic E-state index is -0.928. The summed E-state index contributed by atoms with van der Waals surface area (Å²) in [4.78, 5) is 23.7. The Kier molecular flexibility index (Phi) is 5.30. The fourth-order valence-corrected chi connectivity index (χ4v) is 2.70. The van der Waals surface area contributed by atoms with Gasteiger partial charge in [-0.05, 0) is 12.0 Å². The molecule has 0 saturated carbocycles. The lowest BCUT2D eigenvalue weighted by Gasteiger charge is -2.35. The number of nitrogens with zero attached hydrogens (tertiary/aromatic N) is 1. The summed E-state index contributed by atoms with van der Waals surface area (Å²) in [6.45, 7) is 1.39. The lowest BCUT2D eigenvalue weighted by molar-refractivity contribution is -0.146. The number of carbonyl (C=O) groups is 2. The predicted molar refractivity (Wildman–Crippen MR) is 76.9 cm³/mol. The maximum absolute atomic E-state index is 11.2. The summed E-state index contributed by atoms with van der Waals surface area (Å²) in [5.74, 6) is -2.31. The zero-order valence-electron chi connectivity index (χ0n) is 11.7. The molecule has 2 unspecified atom stereocenters. The van der Waals surface area contributed by atoms with Gasteiger partial charge >= 0.3 is 11.9 Å². The number of carboxylic acid groups (broad SMARTS) is 2. The molecule has 1 saturated heterocycles. The monoisotopic (exact) mass is 292 g/mol. The molecule has 3 N–H and O–H groups in total. The minimum absolute atomic E-state index is 0.0144. The zero-order chi connectivity index (χ0) is 15.2. The number of benzene rings is 1. The van der Waals surface area contributed by atoms with Crippen LogP contribution in [0.1, 0.15) is 12.0 Å². The Bertz CT molecular complexity index is 492. The van der Waals surface area contributed by atoms with Crippen molar-refractivity contribution in [2.24, 2.45) is 5.92 Å². The highest BCUT2D eigenvalue weighted by Gasteiger charge is 2.31. The largest absolute Gasteiger partial charge is 0.481 e. The van der Waals surface area contributed by atoms with Crippen molar-refractivity contribution in [3.63, 3.8) is 0 Å². The van der Waals surface area contributed by atoms with Gasteiger partial charge in [-0.1, -0.05) is 30.3 Å². The molecule has 0 amide bonds. The molecule has 2 atom stereocenters. The van der Waals surface area contributed by atoms with Gasteiger partial charge in [-0.2, -0.15) is 0 Å². The third-order valence-electron chi connectivity index (χ3n) is 3.67. The number of hydrogen-bond acceptors (Lipinski definition) is 4. The molecule has 1 aromatic rings. The van der Waals surface area contributed by atoms with Gasteiger partial charge in [0.05, 0.1) is 12.5 Å². The molecule has 0 spiro atoms. The predicted octanol–water partition coefficient (Wildman–Crippen LogP) is 0.636. The van der Waals surface area contributed by atoms with Crippen LogP contribution in [0.3, 0.4) is 0 Å². The van der Waals surface area contributed by atoms with Crippen LogP contribution in [0.2, 0.25) is 0 Å². The highest BCUT2D eigenvalue weighted by atomic mass is 16.4. The van der Waals surface area contributed by atoms with Crippen molar-refractivity contribution in [3.05, 3.63) is 35.9 Å². The third-order valence-corrected chi connectivity index (χ3v) is 3.67. The fourth-order valence-electron chi connectivity index (χ4n) is 2.70. The molecule has 1 aliphatic heterocycles. The number of hydrogen-bond donors (Lipinski definition) is 3. The molecule has 0 aliphatic carbocycles. The van der Waals surface area contributed by atoms with Crippen molar-refractivity contribution in [1.82, 2.24) is 10.2 Å². The Hall–Kier alpha value is -1.92. The smallest absolute Gasteiger partial charge is 0.317 e. The summed E-state index contributed by atoms with van der Waals surface area (Å²) in [6, 6.07) is 9.83. The van der Waals surface area contributed by atoms with Gasteiger partial charge < -0.3 is 15.5 Å². The number of carboxylic acids is 2. The third kappa shape index (κ3) is 4.84. The average Bonchev–Trinajstić information content (AvgIpc) is 2.45. The van der Waals surface area contributed by atoms with Crippen molar-refractivity contribution in [3.8, 4) is 0 Å². The summed E-state index contributed by atoms with van der Waals surface area (Å²) in [5.41, 5.74) is 1.12. The molecule has 1 heterocycles. The number of aliphatic carboxylic acids is 2. The van der Waals surface area contributed by atoms with Gasteiger partial charge in [0.1, 0.15) is 0 Å². The van der Waals surface area contributed by atoms with Gasteiger partial charge in [-0.25, -0.2) is 0 Å². The Balaban J connectivity index is 1.93. The molecule has 0 radical (unpaired) electrons. The Morgan fingerprint density at radius 3 is 2.52 bits per heavy atom. The average molecular weight is 292 g/mol. The summed E-state index contributed by atoms with van der Waals surface area (Å²) in [7, 11) is 0. The first-order chi connectivity index (χ1) is 10.0. The standard InChI is InChI=1S/C15H20N2O4/c18-14(19)10-17-8-12(15(20)21)6-13(9-17)16-7-11-4-2-1-3-5-11/h1-5,12-13,16H,6-10H2,(H,18,19)(H,20,21). The second kappa shape index (κ2) is 7.19. The molecule has 1 fully saturated rings. The van der Waals surface area contributed by atoms with Crippen LogP contribution in [0.25, 0.3) is 0 Å². The SMILES string of the molecule is O=C(O)CN1CC(NCc2ccccc2)CC(C(=O)O)C1. The van der Waals surface area contributed by atoms with Crippen LogP contribution in [-0.2, 0) is 16.1 Å². The van der Waals surface area contributed by atoms with E-state index in [2.05, 4.69) is 5.32 Å². The molecule has 6 nitrogen and oxygen atoms in total. The van der Waals surface area contributed by atoms with Crippen LogP contribution in [-0.4, -0.2) is 52.7 Å². The Morgan fingerprint density at radius 2 is 1.90 bits per heavy atom. The molecular weight excluding hydrogens is 272 g/mol. The topological polar surface area (TPSA) is 89.9 Å². The molecule has 0 bridgehead atoms. The van der Waals surface area contributed by atoms with Crippen LogP contribution in [0, 0.1) is 5.92 Å². The summed E-state index contributed by atoms with van der Waals surface area (Å²) < 4.78 is 0. The van der Waals surface area contributed by atoms with Crippen molar-refractivity contribution in [1.29, 1.82) is 0 Å². The van der Waals surface area contributed by atoms with Crippen molar-refractivity contribution in [2.75, 3.05) is 19.6 Å².